The smallest absolute Gasteiger partial charge is 0.338 e. The van der Waals surface area contributed by atoms with Gasteiger partial charge < -0.3 is 4.74 Å². The molecular weight excluding hydrogens is 508 g/mol. The summed E-state index contributed by atoms with van der Waals surface area (Å²) in [5.74, 6) is -1.25. The summed E-state index contributed by atoms with van der Waals surface area (Å²) in [7, 11) is -3.89. The van der Waals surface area contributed by atoms with E-state index in [4.69, 9.17) is 16.3 Å². The van der Waals surface area contributed by atoms with E-state index >= 15 is 0 Å². The second kappa shape index (κ2) is 10.4. The van der Waals surface area contributed by atoms with E-state index < -0.39 is 28.5 Å². The maximum atomic E-state index is 13.2. The lowest BCUT2D eigenvalue weighted by Gasteiger charge is -2.30. The molecule has 0 radical (unpaired) electrons. The van der Waals surface area contributed by atoms with E-state index in [0.717, 1.165) is 9.79 Å². The third kappa shape index (κ3) is 4.95. The summed E-state index contributed by atoms with van der Waals surface area (Å²) in [6.45, 7) is 3.43. The number of anilines is 2. The minimum absolute atomic E-state index is 0.00329. The molecule has 0 unspecified atom stereocenters. The van der Waals surface area contributed by atoms with Gasteiger partial charge in [0.2, 0.25) is 10.0 Å². The van der Waals surface area contributed by atoms with Crippen molar-refractivity contribution in [1.29, 1.82) is 0 Å². The van der Waals surface area contributed by atoms with Gasteiger partial charge in [-0.25, -0.2) is 13.2 Å². The Morgan fingerprint density at radius 3 is 2.09 bits per heavy atom. The molecule has 1 amide bonds. The molecule has 0 saturated carbocycles. The summed E-state index contributed by atoms with van der Waals surface area (Å²) in [5, 5.41) is 0.00329. The largest absolute Gasteiger partial charge is 0.452 e. The molecule has 0 aromatic heterocycles. The van der Waals surface area contributed by atoms with Crippen LogP contribution in [0.2, 0.25) is 5.02 Å². The number of amides is 1. The number of para-hydroxylation sites is 2. The van der Waals surface area contributed by atoms with Crippen molar-refractivity contribution in [2.24, 2.45) is 0 Å². The first kappa shape index (κ1) is 25.2. The van der Waals surface area contributed by atoms with Crippen LogP contribution in [0, 0.1) is 0 Å². The van der Waals surface area contributed by atoms with Gasteiger partial charge in [-0.1, -0.05) is 61.5 Å². The third-order valence-corrected chi connectivity index (χ3v) is 9.16. The molecule has 7 nitrogen and oxygen atoms in total. The fraction of sp³-hybridized carbons (Fsp3) is 0.200. The highest BCUT2D eigenvalue weighted by atomic mass is 35.5. The molecule has 1 aliphatic rings. The van der Waals surface area contributed by atoms with E-state index in [1.807, 2.05) is 48.5 Å². The van der Waals surface area contributed by atoms with Crippen LogP contribution in [0.3, 0.4) is 0 Å². The van der Waals surface area contributed by atoms with Crippen molar-refractivity contribution in [3.8, 4) is 0 Å². The molecule has 0 saturated heterocycles. The van der Waals surface area contributed by atoms with E-state index in [2.05, 4.69) is 0 Å². The number of sulfonamides is 1. The predicted molar refractivity (Wildman–Crippen MR) is 136 cm³/mol. The van der Waals surface area contributed by atoms with E-state index in [-0.39, 0.29) is 28.6 Å². The molecule has 0 N–H and O–H groups in total. The second-order valence-electron chi connectivity index (χ2n) is 7.58. The Labute approximate surface area is 213 Å². The van der Waals surface area contributed by atoms with Crippen molar-refractivity contribution < 1.29 is 22.7 Å². The minimum atomic E-state index is -3.89. The molecule has 35 heavy (non-hydrogen) atoms. The summed E-state index contributed by atoms with van der Waals surface area (Å²) >= 11 is 7.71. The molecule has 0 fully saturated rings. The molecule has 1 heterocycles. The number of hydrogen-bond acceptors (Lipinski definition) is 6. The predicted octanol–water partition coefficient (Wildman–Crippen LogP) is 5.36. The zero-order valence-corrected chi connectivity index (χ0v) is 21.5. The molecule has 4 rings (SSSR count). The number of esters is 1. The minimum Gasteiger partial charge on any atom is -0.452 e. The molecule has 0 bridgehead atoms. The Bertz CT molecular complexity index is 1340. The molecule has 0 aliphatic carbocycles. The summed E-state index contributed by atoms with van der Waals surface area (Å²) in [6, 6.07) is 18.9. The average Bonchev–Trinajstić information content (AvgIpc) is 2.86. The van der Waals surface area contributed by atoms with Crippen molar-refractivity contribution in [2.75, 3.05) is 24.6 Å². The van der Waals surface area contributed by atoms with Crippen LogP contribution in [0.4, 0.5) is 11.4 Å². The molecule has 0 atom stereocenters. The van der Waals surface area contributed by atoms with Gasteiger partial charge in [-0.2, -0.15) is 4.31 Å². The standard InChI is InChI=1S/C25H23ClN2O5S2/c1-3-27(4-2)35(31,32)23-15-17(13-14-18(23)26)25(30)33-16-24(29)28-19-9-5-7-11-21(19)34-22-12-8-6-10-20(22)28/h5-15H,3-4,16H2,1-2H3. The quantitative estimate of drug-likeness (QED) is 0.382. The van der Waals surface area contributed by atoms with Crippen LogP contribution in [-0.4, -0.2) is 44.3 Å². The Morgan fingerprint density at radius 2 is 1.51 bits per heavy atom. The summed E-state index contributed by atoms with van der Waals surface area (Å²) in [6.07, 6.45) is 0. The number of nitrogens with zero attached hydrogens (tertiary/aromatic N) is 2. The van der Waals surface area contributed by atoms with Crippen LogP contribution in [0.5, 0.6) is 0 Å². The van der Waals surface area contributed by atoms with Gasteiger partial charge in [-0.05, 0) is 42.5 Å². The van der Waals surface area contributed by atoms with Gasteiger partial charge in [0, 0.05) is 22.9 Å². The van der Waals surface area contributed by atoms with Crippen LogP contribution in [-0.2, 0) is 19.6 Å². The highest BCUT2D eigenvalue weighted by Gasteiger charge is 2.29. The topological polar surface area (TPSA) is 84.0 Å². The van der Waals surface area contributed by atoms with Gasteiger partial charge in [0.1, 0.15) is 4.90 Å². The molecule has 1 aliphatic heterocycles. The normalized spacial score (nSPS) is 12.7. The Balaban J connectivity index is 1.56. The fourth-order valence-electron chi connectivity index (χ4n) is 3.78. The zero-order chi connectivity index (χ0) is 25.2. The molecule has 182 valence electrons. The summed E-state index contributed by atoms with van der Waals surface area (Å²) < 4.78 is 32.4. The maximum Gasteiger partial charge on any atom is 0.338 e. The van der Waals surface area contributed by atoms with E-state index in [1.165, 1.54) is 27.4 Å². The lowest BCUT2D eigenvalue weighted by atomic mass is 10.2. The third-order valence-electron chi connectivity index (χ3n) is 5.50. The van der Waals surface area contributed by atoms with Gasteiger partial charge in [-0.15, -0.1) is 0 Å². The highest BCUT2D eigenvalue weighted by Crippen LogP contribution is 2.47. The van der Waals surface area contributed by atoms with Crippen molar-refractivity contribution in [3.63, 3.8) is 0 Å². The number of carbonyl (C=O) groups excluding carboxylic acids is 2. The maximum absolute atomic E-state index is 13.2. The first-order valence-electron chi connectivity index (χ1n) is 10.9. The Hall–Kier alpha value is -2.85. The number of benzene rings is 3. The van der Waals surface area contributed by atoms with Gasteiger partial charge in [0.05, 0.1) is 22.0 Å². The van der Waals surface area contributed by atoms with Crippen LogP contribution >= 0.6 is 23.4 Å². The van der Waals surface area contributed by atoms with Crippen molar-refractivity contribution in [1.82, 2.24) is 4.31 Å². The van der Waals surface area contributed by atoms with E-state index in [1.54, 1.807) is 25.6 Å². The monoisotopic (exact) mass is 530 g/mol. The lowest BCUT2D eigenvalue weighted by Crippen LogP contribution is -2.32. The molecule has 10 heteroatoms. The van der Waals surface area contributed by atoms with Crippen LogP contribution in [0.1, 0.15) is 24.2 Å². The Kier molecular flexibility index (Phi) is 7.51. The van der Waals surface area contributed by atoms with E-state index in [0.29, 0.717) is 11.4 Å². The molecule has 3 aromatic carbocycles. The van der Waals surface area contributed by atoms with Crippen molar-refractivity contribution >= 4 is 56.6 Å². The van der Waals surface area contributed by atoms with Crippen LogP contribution in [0.15, 0.2) is 81.4 Å². The van der Waals surface area contributed by atoms with Crippen LogP contribution in [0.25, 0.3) is 0 Å². The molecule has 3 aromatic rings. The van der Waals surface area contributed by atoms with Gasteiger partial charge in [0.25, 0.3) is 5.91 Å². The first-order valence-corrected chi connectivity index (χ1v) is 13.6. The number of ether oxygens (including phenoxy) is 1. The summed E-state index contributed by atoms with van der Waals surface area (Å²) in [4.78, 5) is 29.2. The van der Waals surface area contributed by atoms with Gasteiger partial charge >= 0.3 is 5.97 Å². The van der Waals surface area contributed by atoms with Crippen molar-refractivity contribution in [2.45, 2.75) is 28.5 Å². The number of halogens is 1. The number of carbonyl (C=O) groups is 2. The number of rotatable bonds is 7. The molecule has 0 spiro atoms. The summed E-state index contributed by atoms with van der Waals surface area (Å²) in [5.41, 5.74) is 1.40. The number of hydrogen-bond donors (Lipinski definition) is 0. The second-order valence-corrected chi connectivity index (χ2v) is 11.0. The zero-order valence-electron chi connectivity index (χ0n) is 19.1. The molecular formula is C25H23ClN2O5S2. The van der Waals surface area contributed by atoms with Gasteiger partial charge in [-0.3, -0.25) is 9.69 Å². The number of fused-ring (bicyclic) bond motifs is 2. The Morgan fingerprint density at radius 1 is 0.943 bits per heavy atom. The average molecular weight is 531 g/mol. The van der Waals surface area contributed by atoms with Gasteiger partial charge in [0.15, 0.2) is 6.61 Å². The SMILES string of the molecule is CCN(CC)S(=O)(=O)c1cc(C(=O)OCC(=O)N2c3ccccc3Sc3ccccc32)ccc1Cl. The van der Waals surface area contributed by atoms with Crippen molar-refractivity contribution in [3.05, 3.63) is 77.3 Å². The highest BCUT2D eigenvalue weighted by molar-refractivity contribution is 7.99. The fourth-order valence-corrected chi connectivity index (χ4v) is 6.80. The lowest BCUT2D eigenvalue weighted by molar-refractivity contribution is -0.121. The van der Waals surface area contributed by atoms with Crippen LogP contribution < -0.4 is 4.90 Å². The first-order chi connectivity index (χ1) is 16.8. The van der Waals surface area contributed by atoms with E-state index in [9.17, 15) is 18.0 Å².